The summed E-state index contributed by atoms with van der Waals surface area (Å²) >= 11 is 7.44. The van der Waals surface area contributed by atoms with E-state index in [0.29, 0.717) is 16.2 Å². The highest BCUT2D eigenvalue weighted by Crippen LogP contribution is 2.41. The number of pyridine rings is 1. The van der Waals surface area contributed by atoms with Crippen molar-refractivity contribution in [3.05, 3.63) is 38.9 Å². The molecular formula is C15H13ClFNO3S. The van der Waals surface area contributed by atoms with Crippen LogP contribution in [0.5, 0.6) is 0 Å². The Hall–Kier alpha value is -1.53. The van der Waals surface area contributed by atoms with Crippen molar-refractivity contribution in [2.45, 2.75) is 24.8 Å². The highest BCUT2D eigenvalue weighted by molar-refractivity contribution is 7.99. The van der Waals surface area contributed by atoms with Gasteiger partial charge < -0.3 is 9.30 Å². The quantitative estimate of drug-likeness (QED) is 0.782. The van der Waals surface area contributed by atoms with Crippen LogP contribution >= 0.6 is 23.4 Å². The number of aromatic nitrogens is 1. The van der Waals surface area contributed by atoms with Gasteiger partial charge in [0.05, 0.1) is 27.4 Å². The van der Waals surface area contributed by atoms with E-state index in [-0.39, 0.29) is 28.6 Å². The molecule has 0 amide bonds. The summed E-state index contributed by atoms with van der Waals surface area (Å²) in [6.07, 6.45) is 1.49. The van der Waals surface area contributed by atoms with E-state index in [2.05, 4.69) is 0 Å². The number of carbonyl (C=O) groups is 1. The van der Waals surface area contributed by atoms with Crippen LogP contribution in [-0.2, 0) is 4.74 Å². The smallest absolute Gasteiger partial charge is 0.343 e. The lowest BCUT2D eigenvalue weighted by Crippen LogP contribution is -2.24. The molecule has 1 aromatic carbocycles. The van der Waals surface area contributed by atoms with E-state index in [9.17, 15) is 14.0 Å². The van der Waals surface area contributed by atoms with Gasteiger partial charge in [-0.2, -0.15) is 0 Å². The molecule has 4 nitrogen and oxygen atoms in total. The fourth-order valence-electron chi connectivity index (χ4n) is 2.55. The van der Waals surface area contributed by atoms with Crippen LogP contribution in [0.25, 0.3) is 10.9 Å². The Morgan fingerprint density at radius 1 is 1.59 bits per heavy atom. The maximum atomic E-state index is 14.0. The third-order valence-electron chi connectivity index (χ3n) is 3.61. The van der Waals surface area contributed by atoms with Gasteiger partial charge in [0.2, 0.25) is 5.43 Å². The monoisotopic (exact) mass is 341 g/mol. The second-order valence-electron chi connectivity index (χ2n) is 5.06. The van der Waals surface area contributed by atoms with Gasteiger partial charge in [0.25, 0.3) is 0 Å². The molecule has 116 valence electrons. The normalized spacial score (nSPS) is 16.8. The molecule has 0 fully saturated rings. The topological polar surface area (TPSA) is 48.3 Å². The molecule has 1 atom stereocenters. The summed E-state index contributed by atoms with van der Waals surface area (Å²) in [5.41, 5.74) is -0.0369. The first-order valence-corrected chi connectivity index (χ1v) is 8.18. The van der Waals surface area contributed by atoms with Crippen molar-refractivity contribution >= 4 is 40.2 Å². The molecule has 2 aromatic rings. The first kappa shape index (κ1) is 15.4. The zero-order valence-corrected chi connectivity index (χ0v) is 13.6. The Kier molecular flexibility index (Phi) is 3.91. The van der Waals surface area contributed by atoms with Gasteiger partial charge in [0.15, 0.2) is 0 Å². The van der Waals surface area contributed by atoms with Gasteiger partial charge in [-0.15, -0.1) is 11.8 Å². The third-order valence-corrected chi connectivity index (χ3v) is 5.42. The zero-order chi connectivity index (χ0) is 16.0. The first-order chi connectivity index (χ1) is 10.5. The van der Waals surface area contributed by atoms with Gasteiger partial charge in [0.1, 0.15) is 11.4 Å². The second-order valence-corrected chi connectivity index (χ2v) is 6.47. The van der Waals surface area contributed by atoms with Gasteiger partial charge in [-0.1, -0.05) is 11.6 Å². The van der Waals surface area contributed by atoms with E-state index < -0.39 is 17.2 Å². The van der Waals surface area contributed by atoms with Gasteiger partial charge in [-0.05, 0) is 19.9 Å². The molecule has 0 saturated carbocycles. The van der Waals surface area contributed by atoms with Gasteiger partial charge in [-0.25, -0.2) is 9.18 Å². The van der Waals surface area contributed by atoms with E-state index in [4.69, 9.17) is 16.3 Å². The summed E-state index contributed by atoms with van der Waals surface area (Å²) in [7, 11) is 0. The fourth-order valence-corrected chi connectivity index (χ4v) is 4.00. The Labute approximate surface area is 135 Å². The van der Waals surface area contributed by atoms with Crippen LogP contribution in [0.4, 0.5) is 4.39 Å². The lowest BCUT2D eigenvalue weighted by molar-refractivity contribution is 0.0524. The average molecular weight is 342 g/mol. The lowest BCUT2D eigenvalue weighted by Gasteiger charge is -2.26. The number of thioether (sulfide) groups is 1. The predicted octanol–water partition coefficient (Wildman–Crippen LogP) is 3.64. The standard InChI is InChI=1S/C15H13ClFNO3S/c1-3-21-15(20)9-5-18-7(2)6-22-14-11(16)10(17)4-8(12(14)18)13(9)19/h4-5,7H,3,6H2,1-2H3/t7-/m1/s1. The van der Waals surface area contributed by atoms with Crippen molar-refractivity contribution in [1.82, 2.24) is 4.57 Å². The van der Waals surface area contributed by atoms with Gasteiger partial charge in [-0.3, -0.25) is 4.79 Å². The van der Waals surface area contributed by atoms with E-state index in [1.807, 2.05) is 6.92 Å². The van der Waals surface area contributed by atoms with E-state index in [1.165, 1.54) is 18.0 Å². The number of hydrogen-bond acceptors (Lipinski definition) is 4. The number of nitrogens with zero attached hydrogens (tertiary/aromatic N) is 1. The van der Waals surface area contributed by atoms with Crippen molar-refractivity contribution in [1.29, 1.82) is 0 Å². The SMILES string of the molecule is CCOC(=O)c1cn2c3c(c(Cl)c(F)cc3c1=O)SC[C@H]2C. The Bertz CT molecular complexity index is 849. The minimum Gasteiger partial charge on any atom is -0.462 e. The molecule has 0 bridgehead atoms. The molecule has 7 heteroatoms. The number of ether oxygens (including phenoxy) is 1. The summed E-state index contributed by atoms with van der Waals surface area (Å²) in [6.45, 7) is 3.80. The van der Waals surface area contributed by atoms with Gasteiger partial charge >= 0.3 is 5.97 Å². The summed E-state index contributed by atoms with van der Waals surface area (Å²) in [5, 5.41) is 0.169. The molecule has 2 heterocycles. The first-order valence-electron chi connectivity index (χ1n) is 6.82. The Morgan fingerprint density at radius 2 is 2.32 bits per heavy atom. The molecule has 0 aliphatic carbocycles. The Morgan fingerprint density at radius 3 is 3.00 bits per heavy atom. The molecule has 22 heavy (non-hydrogen) atoms. The molecule has 0 unspecified atom stereocenters. The minimum absolute atomic E-state index is 0.0152. The van der Waals surface area contributed by atoms with Crippen LogP contribution in [0.15, 0.2) is 22.0 Å². The summed E-state index contributed by atoms with van der Waals surface area (Å²) in [6, 6.07) is 1.15. The maximum Gasteiger partial charge on any atom is 0.343 e. The van der Waals surface area contributed by atoms with E-state index in [0.717, 1.165) is 6.07 Å². The fraction of sp³-hybridized carbons (Fsp3) is 0.333. The average Bonchev–Trinajstić information content (AvgIpc) is 2.48. The lowest BCUT2D eigenvalue weighted by atomic mass is 10.1. The van der Waals surface area contributed by atoms with Crippen LogP contribution in [0, 0.1) is 5.82 Å². The number of halogens is 2. The summed E-state index contributed by atoms with van der Waals surface area (Å²) in [4.78, 5) is 25.0. The van der Waals surface area contributed by atoms with Crippen molar-refractivity contribution in [3.8, 4) is 0 Å². The van der Waals surface area contributed by atoms with Crippen molar-refractivity contribution in [3.63, 3.8) is 0 Å². The highest BCUT2D eigenvalue weighted by Gasteiger charge is 2.26. The number of hydrogen-bond donors (Lipinski definition) is 0. The molecule has 1 aromatic heterocycles. The van der Waals surface area contributed by atoms with Crippen molar-refractivity contribution < 1.29 is 13.9 Å². The second kappa shape index (κ2) is 5.59. The summed E-state index contributed by atoms with van der Waals surface area (Å²) < 4.78 is 20.7. The van der Waals surface area contributed by atoms with Crippen LogP contribution in [0.2, 0.25) is 5.02 Å². The Balaban J connectivity index is 2.42. The molecule has 0 N–H and O–H groups in total. The van der Waals surface area contributed by atoms with Crippen LogP contribution < -0.4 is 5.43 Å². The van der Waals surface area contributed by atoms with Crippen LogP contribution in [-0.4, -0.2) is 22.9 Å². The molecular weight excluding hydrogens is 329 g/mol. The molecule has 3 rings (SSSR count). The molecule has 0 radical (unpaired) electrons. The van der Waals surface area contributed by atoms with E-state index >= 15 is 0 Å². The van der Waals surface area contributed by atoms with Gasteiger partial charge in [0, 0.05) is 18.0 Å². The van der Waals surface area contributed by atoms with Crippen LogP contribution in [0.3, 0.4) is 0 Å². The molecule has 0 spiro atoms. The number of rotatable bonds is 2. The summed E-state index contributed by atoms with van der Waals surface area (Å²) in [5.74, 6) is -0.674. The minimum atomic E-state index is -0.694. The maximum absolute atomic E-state index is 14.0. The van der Waals surface area contributed by atoms with Crippen molar-refractivity contribution in [2.24, 2.45) is 0 Å². The van der Waals surface area contributed by atoms with Crippen molar-refractivity contribution in [2.75, 3.05) is 12.4 Å². The number of carbonyl (C=O) groups excluding carboxylic acids is 1. The van der Waals surface area contributed by atoms with Crippen LogP contribution in [0.1, 0.15) is 30.2 Å². The van der Waals surface area contributed by atoms with E-state index in [1.54, 1.807) is 11.5 Å². The number of benzene rings is 1. The zero-order valence-electron chi connectivity index (χ0n) is 12.0. The molecule has 1 aliphatic heterocycles. The number of esters is 1. The largest absolute Gasteiger partial charge is 0.462 e. The molecule has 1 aliphatic rings. The predicted molar refractivity (Wildman–Crippen MR) is 84.6 cm³/mol. The molecule has 0 saturated heterocycles. The third kappa shape index (κ3) is 2.21. The highest BCUT2D eigenvalue weighted by atomic mass is 35.5.